The summed E-state index contributed by atoms with van der Waals surface area (Å²) < 4.78 is 11.0. The predicted molar refractivity (Wildman–Crippen MR) is 106 cm³/mol. The van der Waals surface area contributed by atoms with E-state index in [1.165, 1.54) is 24.3 Å². The third-order valence-electron chi connectivity index (χ3n) is 4.17. The molecule has 0 aliphatic heterocycles. The second-order valence-electron chi connectivity index (χ2n) is 5.88. The number of carbonyl (C=O) groups excluding carboxylic acids is 1. The van der Waals surface area contributed by atoms with Gasteiger partial charge in [0.2, 0.25) is 0 Å². The Kier molecular flexibility index (Phi) is 5.55. The Morgan fingerprint density at radius 2 is 1.50 bits per heavy atom. The summed E-state index contributed by atoms with van der Waals surface area (Å²) in [4.78, 5) is 22.7. The third kappa shape index (κ3) is 3.93. The van der Waals surface area contributed by atoms with Crippen molar-refractivity contribution in [1.82, 2.24) is 0 Å². The molecule has 0 aliphatic rings. The Bertz CT molecular complexity index is 976. The van der Waals surface area contributed by atoms with Crippen molar-refractivity contribution in [3.8, 4) is 22.6 Å². The van der Waals surface area contributed by atoms with Crippen molar-refractivity contribution in [3.63, 3.8) is 0 Å². The maximum atomic E-state index is 12.5. The van der Waals surface area contributed by atoms with Gasteiger partial charge in [0, 0.05) is 35.5 Å². The van der Waals surface area contributed by atoms with E-state index in [0.29, 0.717) is 22.7 Å². The standard InChI is InChI=1S/C21H18N2O5/c1-27-18-12-16(13-19(28-2)20(18)14-6-4-3-5-7-14)22-21(24)15-8-10-17(11-9-15)23(25)26/h3-13H,1-2H3,(H,22,24). The van der Waals surface area contributed by atoms with Gasteiger partial charge >= 0.3 is 0 Å². The summed E-state index contributed by atoms with van der Waals surface area (Å²) in [7, 11) is 3.09. The van der Waals surface area contributed by atoms with Crippen molar-refractivity contribution >= 4 is 17.3 Å². The number of benzene rings is 3. The van der Waals surface area contributed by atoms with Gasteiger partial charge in [0.15, 0.2) is 0 Å². The molecule has 142 valence electrons. The summed E-state index contributed by atoms with van der Waals surface area (Å²) in [6.07, 6.45) is 0. The Hall–Kier alpha value is -3.87. The maximum absolute atomic E-state index is 12.5. The van der Waals surface area contributed by atoms with Gasteiger partial charge in [-0.3, -0.25) is 14.9 Å². The largest absolute Gasteiger partial charge is 0.496 e. The highest BCUT2D eigenvalue weighted by molar-refractivity contribution is 6.05. The highest BCUT2D eigenvalue weighted by Crippen LogP contribution is 2.41. The van der Waals surface area contributed by atoms with Gasteiger partial charge in [0.25, 0.3) is 11.6 Å². The SMILES string of the molecule is COc1cc(NC(=O)c2ccc([N+](=O)[O-])cc2)cc(OC)c1-c1ccccc1. The lowest BCUT2D eigenvalue weighted by Crippen LogP contribution is -2.12. The molecule has 0 aromatic heterocycles. The number of nitro benzene ring substituents is 1. The normalized spacial score (nSPS) is 10.2. The number of non-ortho nitro benzene ring substituents is 1. The van der Waals surface area contributed by atoms with Crippen LogP contribution in [0.2, 0.25) is 0 Å². The molecule has 0 saturated heterocycles. The molecule has 28 heavy (non-hydrogen) atoms. The number of hydrogen-bond acceptors (Lipinski definition) is 5. The molecule has 0 fully saturated rings. The van der Waals surface area contributed by atoms with Crippen LogP contribution in [0.5, 0.6) is 11.5 Å². The summed E-state index contributed by atoms with van der Waals surface area (Å²) in [5.74, 6) is 0.695. The molecule has 7 heteroatoms. The minimum absolute atomic E-state index is 0.0768. The van der Waals surface area contributed by atoms with Crippen LogP contribution in [0.4, 0.5) is 11.4 Å². The average molecular weight is 378 g/mol. The fraction of sp³-hybridized carbons (Fsp3) is 0.0952. The van der Waals surface area contributed by atoms with Gasteiger partial charge in [0.1, 0.15) is 11.5 Å². The van der Waals surface area contributed by atoms with Gasteiger partial charge in [-0.2, -0.15) is 0 Å². The van der Waals surface area contributed by atoms with Gasteiger partial charge in [-0.1, -0.05) is 30.3 Å². The number of nitrogens with one attached hydrogen (secondary N) is 1. The van der Waals surface area contributed by atoms with E-state index in [-0.39, 0.29) is 5.69 Å². The number of nitrogens with zero attached hydrogens (tertiary/aromatic N) is 1. The van der Waals surface area contributed by atoms with Gasteiger partial charge in [-0.25, -0.2) is 0 Å². The van der Waals surface area contributed by atoms with Crippen LogP contribution in [0.1, 0.15) is 10.4 Å². The highest BCUT2D eigenvalue weighted by atomic mass is 16.6. The zero-order chi connectivity index (χ0) is 20.1. The second-order valence-corrected chi connectivity index (χ2v) is 5.88. The molecule has 7 nitrogen and oxygen atoms in total. The molecule has 0 bridgehead atoms. The minimum Gasteiger partial charge on any atom is -0.496 e. The molecule has 1 amide bonds. The predicted octanol–water partition coefficient (Wildman–Crippen LogP) is 4.53. The van der Waals surface area contributed by atoms with Crippen molar-refractivity contribution in [3.05, 3.63) is 82.4 Å². The Balaban J connectivity index is 1.92. The van der Waals surface area contributed by atoms with Crippen molar-refractivity contribution < 1.29 is 19.2 Å². The maximum Gasteiger partial charge on any atom is 0.269 e. The quantitative estimate of drug-likeness (QED) is 0.503. The first-order valence-corrected chi connectivity index (χ1v) is 8.40. The second kappa shape index (κ2) is 8.22. The van der Waals surface area contributed by atoms with E-state index < -0.39 is 10.8 Å². The van der Waals surface area contributed by atoms with Crippen molar-refractivity contribution in [2.75, 3.05) is 19.5 Å². The molecule has 0 spiro atoms. The molecule has 3 aromatic carbocycles. The monoisotopic (exact) mass is 378 g/mol. The number of hydrogen-bond donors (Lipinski definition) is 1. The molecule has 0 atom stereocenters. The Labute approximate surface area is 161 Å². The van der Waals surface area contributed by atoms with E-state index in [4.69, 9.17) is 9.47 Å². The number of methoxy groups -OCH3 is 2. The van der Waals surface area contributed by atoms with E-state index in [0.717, 1.165) is 11.1 Å². The van der Waals surface area contributed by atoms with Crippen LogP contribution in [0, 0.1) is 10.1 Å². The summed E-state index contributed by atoms with van der Waals surface area (Å²) in [6, 6.07) is 18.4. The van der Waals surface area contributed by atoms with E-state index in [2.05, 4.69) is 5.32 Å². The minimum atomic E-state index is -0.514. The first-order valence-electron chi connectivity index (χ1n) is 8.40. The summed E-state index contributed by atoms with van der Waals surface area (Å²) in [5, 5.41) is 13.5. The van der Waals surface area contributed by atoms with Crippen molar-refractivity contribution in [2.24, 2.45) is 0 Å². The number of ether oxygens (including phenoxy) is 2. The number of amides is 1. The van der Waals surface area contributed by atoms with Crippen LogP contribution in [0.25, 0.3) is 11.1 Å². The number of carbonyl (C=O) groups is 1. The molecule has 0 heterocycles. The van der Waals surface area contributed by atoms with Crippen LogP contribution < -0.4 is 14.8 Å². The molecule has 3 rings (SSSR count). The van der Waals surface area contributed by atoms with Crippen LogP contribution in [0.3, 0.4) is 0 Å². The first-order chi connectivity index (χ1) is 13.5. The highest BCUT2D eigenvalue weighted by Gasteiger charge is 2.16. The molecule has 0 saturated carbocycles. The van der Waals surface area contributed by atoms with Gasteiger partial charge < -0.3 is 14.8 Å². The van der Waals surface area contributed by atoms with Crippen LogP contribution in [-0.4, -0.2) is 25.1 Å². The molecule has 0 radical (unpaired) electrons. The lowest BCUT2D eigenvalue weighted by atomic mass is 10.0. The summed E-state index contributed by atoms with van der Waals surface area (Å²) in [5.41, 5.74) is 2.41. The van der Waals surface area contributed by atoms with E-state index in [1.54, 1.807) is 26.4 Å². The number of rotatable bonds is 6. The smallest absolute Gasteiger partial charge is 0.269 e. The molecular weight excluding hydrogens is 360 g/mol. The molecule has 0 aliphatic carbocycles. The Morgan fingerprint density at radius 3 is 2.00 bits per heavy atom. The zero-order valence-corrected chi connectivity index (χ0v) is 15.3. The lowest BCUT2D eigenvalue weighted by molar-refractivity contribution is -0.384. The van der Waals surface area contributed by atoms with Gasteiger partial charge in [-0.05, 0) is 17.7 Å². The summed E-state index contributed by atoms with van der Waals surface area (Å²) >= 11 is 0. The third-order valence-corrected chi connectivity index (χ3v) is 4.17. The molecule has 1 N–H and O–H groups in total. The number of nitro groups is 1. The van der Waals surface area contributed by atoms with Crippen LogP contribution >= 0.6 is 0 Å². The van der Waals surface area contributed by atoms with Crippen LogP contribution in [-0.2, 0) is 0 Å². The zero-order valence-electron chi connectivity index (χ0n) is 15.3. The summed E-state index contributed by atoms with van der Waals surface area (Å²) in [6.45, 7) is 0. The van der Waals surface area contributed by atoms with Crippen molar-refractivity contribution in [2.45, 2.75) is 0 Å². The van der Waals surface area contributed by atoms with Crippen LogP contribution in [0.15, 0.2) is 66.7 Å². The van der Waals surface area contributed by atoms with Gasteiger partial charge in [0.05, 0.1) is 24.7 Å². The molecular formula is C21H18N2O5. The van der Waals surface area contributed by atoms with E-state index in [1.807, 2.05) is 30.3 Å². The van der Waals surface area contributed by atoms with Crippen molar-refractivity contribution in [1.29, 1.82) is 0 Å². The fourth-order valence-corrected chi connectivity index (χ4v) is 2.81. The van der Waals surface area contributed by atoms with Gasteiger partial charge in [-0.15, -0.1) is 0 Å². The fourth-order valence-electron chi connectivity index (χ4n) is 2.81. The lowest BCUT2D eigenvalue weighted by Gasteiger charge is -2.16. The first kappa shape index (κ1) is 18.9. The molecule has 0 unspecified atom stereocenters. The Morgan fingerprint density at radius 1 is 0.929 bits per heavy atom. The molecule has 3 aromatic rings. The average Bonchev–Trinajstić information content (AvgIpc) is 2.73. The van der Waals surface area contributed by atoms with E-state index >= 15 is 0 Å². The number of anilines is 1. The topological polar surface area (TPSA) is 90.7 Å². The van der Waals surface area contributed by atoms with E-state index in [9.17, 15) is 14.9 Å².